The molecule has 1 aliphatic heterocycles. The number of rotatable bonds is 1. The van der Waals surface area contributed by atoms with E-state index in [1.54, 1.807) is 11.3 Å². The van der Waals surface area contributed by atoms with E-state index in [2.05, 4.69) is 18.7 Å². The number of hydrogen-bond acceptors (Lipinski definition) is 4. The van der Waals surface area contributed by atoms with E-state index in [-0.39, 0.29) is 6.10 Å². The fourth-order valence-electron chi connectivity index (χ4n) is 3.13. The molecule has 1 fully saturated rings. The minimum absolute atomic E-state index is 0.265. The van der Waals surface area contributed by atoms with Gasteiger partial charge in [-0.15, -0.1) is 0 Å². The summed E-state index contributed by atoms with van der Waals surface area (Å²) in [7, 11) is 0. The van der Waals surface area contributed by atoms with Gasteiger partial charge in [-0.05, 0) is 43.9 Å². The number of aryl methyl sites for hydroxylation is 1. The molecule has 0 spiro atoms. The molecule has 106 valence electrons. The molecule has 1 aromatic heterocycles. The van der Waals surface area contributed by atoms with Crippen LogP contribution < -0.4 is 4.90 Å². The Morgan fingerprint density at radius 2 is 2.11 bits per heavy atom. The van der Waals surface area contributed by atoms with Crippen LogP contribution in [-0.2, 0) is 6.42 Å². The van der Waals surface area contributed by atoms with E-state index in [0.29, 0.717) is 5.41 Å². The Kier molecular flexibility index (Phi) is 3.56. The van der Waals surface area contributed by atoms with Gasteiger partial charge in [0.15, 0.2) is 5.13 Å². The topological polar surface area (TPSA) is 36.4 Å². The molecule has 1 aliphatic carbocycles. The second kappa shape index (κ2) is 5.06. The van der Waals surface area contributed by atoms with E-state index in [1.807, 2.05) is 0 Å². The van der Waals surface area contributed by atoms with Crippen LogP contribution in [0.15, 0.2) is 0 Å². The van der Waals surface area contributed by atoms with Crippen molar-refractivity contribution in [2.75, 3.05) is 18.0 Å². The SMILES string of the molecule is CC1(C)CCCN(c2nc3c(s2)C(O)CCC3)CC1. The van der Waals surface area contributed by atoms with Gasteiger partial charge in [0.25, 0.3) is 0 Å². The molecule has 0 bridgehead atoms. The van der Waals surface area contributed by atoms with E-state index in [4.69, 9.17) is 4.98 Å². The highest BCUT2D eigenvalue weighted by molar-refractivity contribution is 7.15. The third-order valence-electron chi connectivity index (χ3n) is 4.52. The van der Waals surface area contributed by atoms with Crippen LogP contribution in [0.25, 0.3) is 0 Å². The lowest BCUT2D eigenvalue weighted by molar-refractivity contribution is 0.160. The van der Waals surface area contributed by atoms with E-state index < -0.39 is 0 Å². The van der Waals surface area contributed by atoms with E-state index in [1.165, 1.54) is 19.3 Å². The lowest BCUT2D eigenvalue weighted by Gasteiger charge is -2.22. The number of thiazole rings is 1. The molecule has 3 rings (SSSR count). The van der Waals surface area contributed by atoms with Gasteiger partial charge < -0.3 is 10.0 Å². The molecule has 0 radical (unpaired) electrons. The van der Waals surface area contributed by atoms with Crippen LogP contribution in [0.2, 0.25) is 0 Å². The summed E-state index contributed by atoms with van der Waals surface area (Å²) in [6.45, 7) is 6.96. The van der Waals surface area contributed by atoms with Gasteiger partial charge in [-0.3, -0.25) is 0 Å². The predicted molar refractivity (Wildman–Crippen MR) is 79.9 cm³/mol. The van der Waals surface area contributed by atoms with Crippen molar-refractivity contribution < 1.29 is 5.11 Å². The van der Waals surface area contributed by atoms with Gasteiger partial charge in [-0.25, -0.2) is 4.98 Å². The Morgan fingerprint density at radius 1 is 1.26 bits per heavy atom. The fraction of sp³-hybridized carbons (Fsp3) is 0.800. The van der Waals surface area contributed by atoms with Gasteiger partial charge in [-0.1, -0.05) is 25.2 Å². The molecule has 3 nitrogen and oxygen atoms in total. The Hall–Kier alpha value is -0.610. The normalized spacial score (nSPS) is 26.9. The van der Waals surface area contributed by atoms with Crippen LogP contribution in [0.4, 0.5) is 5.13 Å². The minimum Gasteiger partial charge on any atom is -0.388 e. The molecular weight excluding hydrogens is 256 g/mol. The molecule has 1 unspecified atom stereocenters. The van der Waals surface area contributed by atoms with Crippen LogP contribution in [0, 0.1) is 5.41 Å². The maximum absolute atomic E-state index is 10.1. The molecule has 1 atom stereocenters. The molecule has 1 N–H and O–H groups in total. The van der Waals surface area contributed by atoms with Crippen molar-refractivity contribution in [2.45, 2.75) is 58.5 Å². The van der Waals surface area contributed by atoms with Crippen LogP contribution >= 0.6 is 11.3 Å². The van der Waals surface area contributed by atoms with Crippen molar-refractivity contribution in [1.82, 2.24) is 4.98 Å². The van der Waals surface area contributed by atoms with E-state index >= 15 is 0 Å². The first kappa shape index (κ1) is 13.4. The van der Waals surface area contributed by atoms with E-state index in [9.17, 15) is 5.11 Å². The molecular formula is C15H24N2OS. The molecule has 1 aromatic rings. The minimum atomic E-state index is -0.265. The van der Waals surface area contributed by atoms with Crippen LogP contribution in [0.1, 0.15) is 62.6 Å². The number of aliphatic hydroxyl groups is 1. The Bertz CT molecular complexity index is 455. The first-order chi connectivity index (χ1) is 9.05. The summed E-state index contributed by atoms with van der Waals surface area (Å²) >= 11 is 1.72. The summed E-state index contributed by atoms with van der Waals surface area (Å²) in [5.74, 6) is 0. The number of aliphatic hydroxyl groups excluding tert-OH is 1. The third kappa shape index (κ3) is 2.79. The summed E-state index contributed by atoms with van der Waals surface area (Å²) in [5.41, 5.74) is 1.62. The Balaban J connectivity index is 1.79. The van der Waals surface area contributed by atoms with Crippen LogP contribution in [0.5, 0.6) is 0 Å². The molecule has 1 saturated heterocycles. The van der Waals surface area contributed by atoms with Crippen LogP contribution in [-0.4, -0.2) is 23.2 Å². The van der Waals surface area contributed by atoms with Crippen molar-refractivity contribution in [3.8, 4) is 0 Å². The van der Waals surface area contributed by atoms with Crippen molar-refractivity contribution in [1.29, 1.82) is 0 Å². The number of hydrogen-bond donors (Lipinski definition) is 1. The molecule has 0 amide bonds. The molecule has 19 heavy (non-hydrogen) atoms. The summed E-state index contributed by atoms with van der Waals surface area (Å²) in [4.78, 5) is 8.36. The lowest BCUT2D eigenvalue weighted by atomic mass is 9.85. The average molecular weight is 280 g/mol. The van der Waals surface area contributed by atoms with Gasteiger partial charge >= 0.3 is 0 Å². The van der Waals surface area contributed by atoms with Crippen molar-refractivity contribution >= 4 is 16.5 Å². The number of nitrogens with zero attached hydrogens (tertiary/aromatic N) is 2. The zero-order valence-corrected chi connectivity index (χ0v) is 12.8. The molecule has 0 aromatic carbocycles. The number of anilines is 1. The van der Waals surface area contributed by atoms with Gasteiger partial charge in [0.2, 0.25) is 0 Å². The predicted octanol–water partition coefficient (Wildman–Crippen LogP) is 3.53. The zero-order valence-electron chi connectivity index (χ0n) is 12.0. The monoisotopic (exact) mass is 280 g/mol. The van der Waals surface area contributed by atoms with Gasteiger partial charge in [-0.2, -0.15) is 0 Å². The number of fused-ring (bicyclic) bond motifs is 1. The Morgan fingerprint density at radius 3 is 2.89 bits per heavy atom. The summed E-state index contributed by atoms with van der Waals surface area (Å²) in [6.07, 6.45) is 6.55. The van der Waals surface area contributed by atoms with E-state index in [0.717, 1.165) is 48.1 Å². The summed E-state index contributed by atoms with van der Waals surface area (Å²) in [6, 6.07) is 0. The second-order valence-electron chi connectivity index (χ2n) is 6.72. The van der Waals surface area contributed by atoms with Gasteiger partial charge in [0.05, 0.1) is 16.7 Å². The largest absolute Gasteiger partial charge is 0.388 e. The quantitative estimate of drug-likeness (QED) is 0.855. The standard InChI is InChI=1S/C15H24N2OS/c1-15(2)7-4-9-17(10-8-15)14-16-11-5-3-6-12(18)13(11)19-14/h12,18H,3-10H2,1-2H3. The fourth-order valence-corrected chi connectivity index (χ4v) is 4.32. The second-order valence-corrected chi connectivity index (χ2v) is 7.73. The maximum Gasteiger partial charge on any atom is 0.185 e. The average Bonchev–Trinajstić information content (AvgIpc) is 2.70. The maximum atomic E-state index is 10.1. The molecule has 0 saturated carbocycles. The summed E-state index contributed by atoms with van der Waals surface area (Å²) < 4.78 is 0. The Labute approximate surface area is 119 Å². The highest BCUT2D eigenvalue weighted by Crippen LogP contribution is 2.39. The summed E-state index contributed by atoms with van der Waals surface area (Å²) in [5, 5.41) is 11.2. The lowest BCUT2D eigenvalue weighted by Crippen LogP contribution is -2.24. The number of aromatic nitrogens is 1. The van der Waals surface area contributed by atoms with Gasteiger partial charge in [0.1, 0.15) is 0 Å². The van der Waals surface area contributed by atoms with Crippen LogP contribution in [0.3, 0.4) is 0 Å². The highest BCUT2D eigenvalue weighted by atomic mass is 32.1. The van der Waals surface area contributed by atoms with Gasteiger partial charge in [0, 0.05) is 13.1 Å². The third-order valence-corrected chi connectivity index (χ3v) is 5.78. The van der Waals surface area contributed by atoms with Crippen molar-refractivity contribution in [3.05, 3.63) is 10.6 Å². The molecule has 2 aliphatic rings. The first-order valence-corrected chi connectivity index (χ1v) is 8.29. The highest BCUT2D eigenvalue weighted by Gasteiger charge is 2.27. The first-order valence-electron chi connectivity index (χ1n) is 7.48. The van der Waals surface area contributed by atoms with Crippen molar-refractivity contribution in [2.24, 2.45) is 5.41 Å². The van der Waals surface area contributed by atoms with Crippen molar-refractivity contribution in [3.63, 3.8) is 0 Å². The smallest absolute Gasteiger partial charge is 0.185 e. The zero-order chi connectivity index (χ0) is 13.5. The molecule has 2 heterocycles. The molecule has 4 heteroatoms.